The van der Waals surface area contributed by atoms with Crippen LogP contribution in [0.1, 0.15) is 13.3 Å². The summed E-state index contributed by atoms with van der Waals surface area (Å²) in [7, 11) is -3.51. The van der Waals surface area contributed by atoms with Gasteiger partial charge in [0.05, 0.1) is 17.9 Å². The molecular formula is C11H14ClNO4S. The summed E-state index contributed by atoms with van der Waals surface area (Å²) in [5, 5.41) is 9.06. The average molecular weight is 292 g/mol. The Morgan fingerprint density at radius 1 is 1.44 bits per heavy atom. The monoisotopic (exact) mass is 291 g/mol. The average Bonchev–Trinajstić information content (AvgIpc) is 2.28. The molecule has 0 aromatic heterocycles. The van der Waals surface area contributed by atoms with E-state index in [1.165, 1.54) is 13.0 Å². The lowest BCUT2D eigenvalue weighted by molar-refractivity contribution is -0.136. The lowest BCUT2D eigenvalue weighted by atomic mass is 10.3. The van der Waals surface area contributed by atoms with Crippen molar-refractivity contribution in [2.45, 2.75) is 13.3 Å². The number of anilines is 1. The molecule has 0 saturated carbocycles. The molecule has 5 nitrogen and oxygen atoms in total. The van der Waals surface area contributed by atoms with Crippen molar-refractivity contribution in [1.29, 1.82) is 0 Å². The minimum atomic E-state index is -3.51. The second-order valence-electron chi connectivity index (χ2n) is 3.60. The van der Waals surface area contributed by atoms with Gasteiger partial charge in [-0.15, -0.1) is 0 Å². The number of hydrogen-bond acceptors (Lipinski definition) is 3. The number of carbonyl (C=O) groups is 1. The van der Waals surface area contributed by atoms with Crippen LogP contribution < -0.4 is 4.31 Å². The molecule has 0 fully saturated rings. The van der Waals surface area contributed by atoms with Gasteiger partial charge in [-0.05, 0) is 25.1 Å². The summed E-state index contributed by atoms with van der Waals surface area (Å²) in [6.07, 6.45) is -0.258. The Bertz CT molecular complexity index is 530. The number of nitrogens with zero attached hydrogens (tertiary/aromatic N) is 1. The lowest BCUT2D eigenvalue weighted by Crippen LogP contribution is -2.34. The van der Waals surface area contributed by atoms with Gasteiger partial charge in [0, 0.05) is 11.6 Å². The first kappa shape index (κ1) is 14.8. The molecule has 1 N–H and O–H groups in total. The SMILES string of the molecule is CCS(=O)(=O)N(CCC(=O)O)c1cccc(Cl)c1. The minimum absolute atomic E-state index is 0.0981. The topological polar surface area (TPSA) is 74.7 Å². The van der Waals surface area contributed by atoms with Crippen LogP contribution in [0.2, 0.25) is 5.02 Å². The van der Waals surface area contributed by atoms with E-state index < -0.39 is 16.0 Å². The van der Waals surface area contributed by atoms with Gasteiger partial charge in [-0.25, -0.2) is 8.42 Å². The van der Waals surface area contributed by atoms with Crippen molar-refractivity contribution in [1.82, 2.24) is 0 Å². The van der Waals surface area contributed by atoms with E-state index in [2.05, 4.69) is 0 Å². The van der Waals surface area contributed by atoms with Crippen molar-refractivity contribution in [2.75, 3.05) is 16.6 Å². The van der Waals surface area contributed by atoms with E-state index in [1.807, 2.05) is 0 Å². The fraction of sp³-hybridized carbons (Fsp3) is 0.364. The highest BCUT2D eigenvalue weighted by Crippen LogP contribution is 2.22. The van der Waals surface area contributed by atoms with Gasteiger partial charge >= 0.3 is 5.97 Å². The van der Waals surface area contributed by atoms with E-state index in [1.54, 1.807) is 18.2 Å². The molecule has 1 aromatic carbocycles. The molecule has 18 heavy (non-hydrogen) atoms. The highest BCUT2D eigenvalue weighted by atomic mass is 35.5. The van der Waals surface area contributed by atoms with E-state index in [0.717, 1.165) is 4.31 Å². The van der Waals surface area contributed by atoms with E-state index in [4.69, 9.17) is 16.7 Å². The normalized spacial score (nSPS) is 11.2. The van der Waals surface area contributed by atoms with Crippen molar-refractivity contribution in [3.05, 3.63) is 29.3 Å². The van der Waals surface area contributed by atoms with Crippen LogP contribution in [-0.2, 0) is 14.8 Å². The molecule has 100 valence electrons. The predicted molar refractivity (Wildman–Crippen MR) is 70.5 cm³/mol. The Hall–Kier alpha value is -1.27. The van der Waals surface area contributed by atoms with E-state index in [0.29, 0.717) is 10.7 Å². The van der Waals surface area contributed by atoms with E-state index >= 15 is 0 Å². The minimum Gasteiger partial charge on any atom is -0.481 e. The number of carboxylic acid groups (broad SMARTS) is 1. The number of halogens is 1. The van der Waals surface area contributed by atoms with Crippen LogP contribution in [0.15, 0.2) is 24.3 Å². The summed E-state index contributed by atoms with van der Waals surface area (Å²) in [6.45, 7) is 1.40. The van der Waals surface area contributed by atoms with Gasteiger partial charge in [0.15, 0.2) is 0 Å². The fourth-order valence-electron chi connectivity index (χ4n) is 1.41. The molecule has 1 rings (SSSR count). The lowest BCUT2D eigenvalue weighted by Gasteiger charge is -2.23. The first-order valence-electron chi connectivity index (χ1n) is 5.34. The predicted octanol–water partition coefficient (Wildman–Crippen LogP) is 1.97. The highest BCUT2D eigenvalue weighted by molar-refractivity contribution is 7.92. The van der Waals surface area contributed by atoms with Gasteiger partial charge in [0.1, 0.15) is 0 Å². The second kappa shape index (κ2) is 6.06. The number of sulfonamides is 1. The molecule has 0 heterocycles. The van der Waals surface area contributed by atoms with Crippen molar-refractivity contribution in [2.24, 2.45) is 0 Å². The number of rotatable bonds is 6. The second-order valence-corrected chi connectivity index (χ2v) is 6.21. The molecule has 0 bridgehead atoms. The summed E-state index contributed by atoms with van der Waals surface area (Å²) in [5.74, 6) is -1.15. The van der Waals surface area contributed by atoms with Crippen molar-refractivity contribution in [3.63, 3.8) is 0 Å². The quantitative estimate of drug-likeness (QED) is 0.869. The zero-order valence-electron chi connectivity index (χ0n) is 9.84. The van der Waals surface area contributed by atoms with Crippen LogP contribution in [0.5, 0.6) is 0 Å². The number of hydrogen-bond donors (Lipinski definition) is 1. The molecule has 7 heteroatoms. The molecular weight excluding hydrogens is 278 g/mol. The Morgan fingerprint density at radius 3 is 2.61 bits per heavy atom. The molecule has 0 saturated heterocycles. The van der Waals surface area contributed by atoms with Crippen molar-refractivity contribution >= 4 is 33.3 Å². The molecule has 0 aliphatic rings. The van der Waals surface area contributed by atoms with Gasteiger partial charge in [0.2, 0.25) is 10.0 Å². The molecule has 0 aliphatic carbocycles. The Kier molecular flexibility index (Phi) is 4.98. The van der Waals surface area contributed by atoms with Gasteiger partial charge in [0.25, 0.3) is 0 Å². The summed E-state index contributed by atoms with van der Waals surface area (Å²) in [6, 6.07) is 6.33. The van der Waals surface area contributed by atoms with Gasteiger partial charge in [-0.3, -0.25) is 9.10 Å². The molecule has 0 amide bonds. The summed E-state index contributed by atoms with van der Waals surface area (Å²) >= 11 is 5.81. The van der Waals surface area contributed by atoms with Crippen LogP contribution in [0.3, 0.4) is 0 Å². The van der Waals surface area contributed by atoms with Gasteiger partial charge < -0.3 is 5.11 Å². The first-order chi connectivity index (χ1) is 8.36. The van der Waals surface area contributed by atoms with Gasteiger partial charge in [-0.2, -0.15) is 0 Å². The maximum Gasteiger partial charge on any atom is 0.305 e. The molecule has 0 unspecified atom stereocenters. The molecule has 0 aliphatic heterocycles. The van der Waals surface area contributed by atoms with Crippen LogP contribution in [0.4, 0.5) is 5.69 Å². The smallest absolute Gasteiger partial charge is 0.305 e. The standard InChI is InChI=1S/C11H14ClNO4S/c1-2-18(16,17)13(7-6-11(14)15)10-5-3-4-9(12)8-10/h3-5,8H,2,6-7H2,1H3,(H,14,15). The fourth-order valence-corrected chi connectivity index (χ4v) is 2.71. The largest absolute Gasteiger partial charge is 0.481 e. The Morgan fingerprint density at radius 2 is 2.11 bits per heavy atom. The number of carboxylic acids is 1. The first-order valence-corrected chi connectivity index (χ1v) is 7.33. The molecule has 0 radical (unpaired) electrons. The van der Waals surface area contributed by atoms with Crippen LogP contribution >= 0.6 is 11.6 Å². The highest BCUT2D eigenvalue weighted by Gasteiger charge is 2.21. The zero-order chi connectivity index (χ0) is 13.8. The van der Waals surface area contributed by atoms with Crippen LogP contribution in [0, 0.1) is 0 Å². The summed E-state index contributed by atoms with van der Waals surface area (Å²) in [5.41, 5.74) is 0.380. The maximum atomic E-state index is 11.9. The Labute approximate surface area is 111 Å². The number of aliphatic carboxylic acids is 1. The Balaban J connectivity index is 3.08. The van der Waals surface area contributed by atoms with Crippen LogP contribution in [0.25, 0.3) is 0 Å². The zero-order valence-corrected chi connectivity index (χ0v) is 11.4. The van der Waals surface area contributed by atoms with Crippen LogP contribution in [-0.4, -0.2) is 31.8 Å². The third-order valence-electron chi connectivity index (χ3n) is 2.33. The van der Waals surface area contributed by atoms with Gasteiger partial charge in [-0.1, -0.05) is 17.7 Å². The van der Waals surface area contributed by atoms with E-state index in [9.17, 15) is 13.2 Å². The number of benzene rings is 1. The molecule has 0 atom stereocenters. The molecule has 0 spiro atoms. The molecule has 1 aromatic rings. The summed E-state index contributed by atoms with van der Waals surface area (Å²) < 4.78 is 24.9. The van der Waals surface area contributed by atoms with E-state index in [-0.39, 0.29) is 18.7 Å². The van der Waals surface area contributed by atoms with Crippen molar-refractivity contribution < 1.29 is 18.3 Å². The third kappa shape index (κ3) is 3.89. The summed E-state index contributed by atoms with van der Waals surface area (Å²) in [4.78, 5) is 10.6. The third-order valence-corrected chi connectivity index (χ3v) is 4.36. The maximum absolute atomic E-state index is 11.9. The van der Waals surface area contributed by atoms with Crippen molar-refractivity contribution in [3.8, 4) is 0 Å².